The average molecular weight is 282 g/mol. The molecule has 1 heterocycles. The van der Waals surface area contributed by atoms with Crippen molar-refractivity contribution in [3.63, 3.8) is 0 Å². The molecule has 0 saturated heterocycles. The zero-order valence-corrected chi connectivity index (χ0v) is 12.6. The smallest absolute Gasteiger partial charge is 0.261 e. The fourth-order valence-corrected chi connectivity index (χ4v) is 2.28. The Hall–Kier alpha value is -1.36. The molecule has 0 radical (unpaired) electrons. The first-order chi connectivity index (χ1) is 9.00. The van der Waals surface area contributed by atoms with Gasteiger partial charge >= 0.3 is 0 Å². The zero-order chi connectivity index (χ0) is 14.3. The van der Waals surface area contributed by atoms with Gasteiger partial charge in [-0.25, -0.2) is 0 Å². The third kappa shape index (κ3) is 5.87. The number of hydrogen-bond acceptors (Lipinski definition) is 3. The number of rotatable bonds is 7. The standard InChI is InChI=1S/C14H22N2O2S/c1-11(2)6-8-16(12(3)17)9-7-15-14(18)13-5-4-10-19-13/h4-5,10-11H,6-9H2,1-3H3,(H,15,18). The lowest BCUT2D eigenvalue weighted by Gasteiger charge is -2.22. The van der Waals surface area contributed by atoms with Gasteiger partial charge in [0.2, 0.25) is 5.91 Å². The minimum Gasteiger partial charge on any atom is -0.350 e. The van der Waals surface area contributed by atoms with E-state index in [4.69, 9.17) is 0 Å². The topological polar surface area (TPSA) is 49.4 Å². The second-order valence-corrected chi connectivity index (χ2v) is 5.87. The summed E-state index contributed by atoms with van der Waals surface area (Å²) < 4.78 is 0. The maximum atomic E-state index is 11.7. The van der Waals surface area contributed by atoms with E-state index in [0.717, 1.165) is 13.0 Å². The van der Waals surface area contributed by atoms with E-state index in [1.165, 1.54) is 11.3 Å². The second kappa shape index (κ2) is 7.94. The second-order valence-electron chi connectivity index (χ2n) is 4.92. The van der Waals surface area contributed by atoms with Crippen LogP contribution < -0.4 is 5.32 Å². The highest BCUT2D eigenvalue weighted by Gasteiger charge is 2.10. The Labute approximate surface area is 118 Å². The van der Waals surface area contributed by atoms with Crippen LogP contribution in [-0.2, 0) is 4.79 Å². The van der Waals surface area contributed by atoms with E-state index in [1.807, 2.05) is 11.4 Å². The molecule has 1 rings (SSSR count). The Bertz CT molecular complexity index is 402. The number of carbonyl (C=O) groups excluding carboxylic acids is 2. The summed E-state index contributed by atoms with van der Waals surface area (Å²) in [6.07, 6.45) is 0.985. The molecule has 4 nitrogen and oxygen atoms in total. The molecule has 0 aliphatic heterocycles. The minimum absolute atomic E-state index is 0.0611. The molecule has 0 aliphatic rings. The quantitative estimate of drug-likeness (QED) is 0.834. The summed E-state index contributed by atoms with van der Waals surface area (Å²) in [5, 5.41) is 4.71. The monoisotopic (exact) mass is 282 g/mol. The van der Waals surface area contributed by atoms with Gasteiger partial charge in [-0.2, -0.15) is 0 Å². The number of carbonyl (C=O) groups is 2. The Kier molecular flexibility index (Phi) is 6.56. The third-order valence-corrected chi connectivity index (χ3v) is 3.70. The maximum absolute atomic E-state index is 11.7. The van der Waals surface area contributed by atoms with Crippen molar-refractivity contribution >= 4 is 23.2 Å². The average Bonchev–Trinajstić information content (AvgIpc) is 2.86. The molecule has 5 heteroatoms. The van der Waals surface area contributed by atoms with E-state index in [2.05, 4.69) is 19.2 Å². The van der Waals surface area contributed by atoms with Crippen LogP contribution in [0.15, 0.2) is 17.5 Å². The van der Waals surface area contributed by atoms with Crippen molar-refractivity contribution in [1.29, 1.82) is 0 Å². The van der Waals surface area contributed by atoms with E-state index >= 15 is 0 Å². The van der Waals surface area contributed by atoms with E-state index in [1.54, 1.807) is 17.9 Å². The first-order valence-corrected chi connectivity index (χ1v) is 7.46. The first kappa shape index (κ1) is 15.7. The summed E-state index contributed by atoms with van der Waals surface area (Å²) in [4.78, 5) is 25.7. The lowest BCUT2D eigenvalue weighted by molar-refractivity contribution is -0.128. The van der Waals surface area contributed by atoms with Gasteiger partial charge in [0, 0.05) is 26.6 Å². The number of nitrogens with one attached hydrogen (secondary N) is 1. The van der Waals surface area contributed by atoms with Crippen LogP contribution in [-0.4, -0.2) is 36.3 Å². The fraction of sp³-hybridized carbons (Fsp3) is 0.571. The number of amides is 2. The molecule has 0 spiro atoms. The summed E-state index contributed by atoms with van der Waals surface area (Å²) in [6.45, 7) is 7.66. The van der Waals surface area contributed by atoms with Gasteiger partial charge in [-0.15, -0.1) is 11.3 Å². The van der Waals surface area contributed by atoms with E-state index in [-0.39, 0.29) is 11.8 Å². The highest BCUT2D eigenvalue weighted by Crippen LogP contribution is 2.07. The molecule has 0 bridgehead atoms. The molecule has 1 aromatic heterocycles. The number of hydrogen-bond donors (Lipinski definition) is 1. The Balaban J connectivity index is 2.32. The van der Waals surface area contributed by atoms with Gasteiger partial charge in [0.1, 0.15) is 0 Å². The van der Waals surface area contributed by atoms with E-state index in [0.29, 0.717) is 23.9 Å². The van der Waals surface area contributed by atoms with E-state index < -0.39 is 0 Å². The van der Waals surface area contributed by atoms with Crippen LogP contribution in [0.3, 0.4) is 0 Å². The predicted molar refractivity (Wildman–Crippen MR) is 78.4 cm³/mol. The van der Waals surface area contributed by atoms with Crippen LogP contribution in [0, 0.1) is 5.92 Å². The molecule has 2 amide bonds. The zero-order valence-electron chi connectivity index (χ0n) is 11.8. The molecule has 1 aromatic rings. The molecule has 106 valence electrons. The lowest BCUT2D eigenvalue weighted by Crippen LogP contribution is -2.38. The van der Waals surface area contributed by atoms with Crippen LogP contribution >= 0.6 is 11.3 Å². The van der Waals surface area contributed by atoms with Crippen LogP contribution in [0.4, 0.5) is 0 Å². The van der Waals surface area contributed by atoms with Gasteiger partial charge in [0.05, 0.1) is 4.88 Å². The summed E-state index contributed by atoms with van der Waals surface area (Å²) in [5.74, 6) is 0.566. The highest BCUT2D eigenvalue weighted by atomic mass is 32.1. The minimum atomic E-state index is -0.0673. The van der Waals surface area contributed by atoms with E-state index in [9.17, 15) is 9.59 Å². The lowest BCUT2D eigenvalue weighted by atomic mass is 10.1. The summed E-state index contributed by atoms with van der Waals surface area (Å²) in [6, 6.07) is 3.64. The summed E-state index contributed by atoms with van der Waals surface area (Å²) >= 11 is 1.42. The largest absolute Gasteiger partial charge is 0.350 e. The Morgan fingerprint density at radius 1 is 1.37 bits per heavy atom. The normalized spacial score (nSPS) is 10.5. The molecule has 0 aromatic carbocycles. The van der Waals surface area contributed by atoms with Gasteiger partial charge in [-0.05, 0) is 23.8 Å². The van der Waals surface area contributed by atoms with Crippen LogP contribution in [0.2, 0.25) is 0 Å². The number of thiophene rings is 1. The molecular formula is C14H22N2O2S. The molecule has 0 saturated carbocycles. The maximum Gasteiger partial charge on any atom is 0.261 e. The molecular weight excluding hydrogens is 260 g/mol. The predicted octanol–water partition coefficient (Wildman–Crippen LogP) is 2.37. The van der Waals surface area contributed by atoms with Crippen molar-refractivity contribution in [2.75, 3.05) is 19.6 Å². The van der Waals surface area contributed by atoms with Crippen LogP contribution in [0.25, 0.3) is 0 Å². The van der Waals surface area contributed by atoms with Gasteiger partial charge < -0.3 is 10.2 Å². The van der Waals surface area contributed by atoms with Crippen LogP contribution in [0.1, 0.15) is 36.9 Å². The van der Waals surface area contributed by atoms with Gasteiger partial charge in [-0.3, -0.25) is 9.59 Å². The molecule has 19 heavy (non-hydrogen) atoms. The number of nitrogens with zero attached hydrogens (tertiary/aromatic N) is 1. The Morgan fingerprint density at radius 2 is 2.11 bits per heavy atom. The van der Waals surface area contributed by atoms with Gasteiger partial charge in [0.15, 0.2) is 0 Å². The van der Waals surface area contributed by atoms with Crippen molar-refractivity contribution in [2.24, 2.45) is 5.92 Å². The molecule has 0 atom stereocenters. The molecule has 0 unspecified atom stereocenters. The van der Waals surface area contributed by atoms with Gasteiger partial charge in [-0.1, -0.05) is 19.9 Å². The third-order valence-electron chi connectivity index (χ3n) is 2.83. The van der Waals surface area contributed by atoms with Crippen molar-refractivity contribution in [3.8, 4) is 0 Å². The van der Waals surface area contributed by atoms with Crippen LogP contribution in [0.5, 0.6) is 0 Å². The highest BCUT2D eigenvalue weighted by molar-refractivity contribution is 7.12. The SMILES string of the molecule is CC(=O)N(CCNC(=O)c1cccs1)CCC(C)C. The summed E-state index contributed by atoms with van der Waals surface area (Å²) in [7, 11) is 0. The van der Waals surface area contributed by atoms with Crippen molar-refractivity contribution in [3.05, 3.63) is 22.4 Å². The Morgan fingerprint density at radius 3 is 2.63 bits per heavy atom. The van der Waals surface area contributed by atoms with Crippen molar-refractivity contribution in [2.45, 2.75) is 27.2 Å². The fourth-order valence-electron chi connectivity index (χ4n) is 1.64. The summed E-state index contributed by atoms with van der Waals surface area (Å²) in [5.41, 5.74) is 0. The molecule has 0 aliphatic carbocycles. The van der Waals surface area contributed by atoms with Gasteiger partial charge in [0.25, 0.3) is 5.91 Å². The molecule has 1 N–H and O–H groups in total. The van der Waals surface area contributed by atoms with Crippen molar-refractivity contribution < 1.29 is 9.59 Å². The first-order valence-electron chi connectivity index (χ1n) is 6.58. The van der Waals surface area contributed by atoms with Crippen molar-refractivity contribution in [1.82, 2.24) is 10.2 Å². The molecule has 0 fully saturated rings.